The standard InChI is InChI=1S/C14H14Br2O/c15-12-6-9-5-8-3-1-2-4-10(8)14(17)11(9)7-13(12)16/h1-4,9,11-13H,5-7H2. The predicted molar refractivity (Wildman–Crippen MR) is 76.1 cm³/mol. The molecule has 90 valence electrons. The minimum absolute atomic E-state index is 0.225. The lowest BCUT2D eigenvalue weighted by molar-refractivity contribution is 0.0810. The Bertz CT molecular complexity index is 457. The van der Waals surface area contributed by atoms with Gasteiger partial charge in [0.2, 0.25) is 0 Å². The van der Waals surface area contributed by atoms with Crippen molar-refractivity contribution in [2.75, 3.05) is 0 Å². The largest absolute Gasteiger partial charge is 0.294 e. The molecule has 1 nitrogen and oxygen atoms in total. The molecule has 17 heavy (non-hydrogen) atoms. The van der Waals surface area contributed by atoms with Crippen LogP contribution >= 0.6 is 31.9 Å². The lowest BCUT2D eigenvalue weighted by atomic mass is 9.68. The third-order valence-electron chi connectivity index (χ3n) is 4.07. The van der Waals surface area contributed by atoms with Gasteiger partial charge in [-0.2, -0.15) is 0 Å². The molecular formula is C14H14Br2O. The van der Waals surface area contributed by atoms with E-state index in [0.717, 1.165) is 24.8 Å². The minimum Gasteiger partial charge on any atom is -0.294 e. The normalized spacial score (nSPS) is 36.2. The van der Waals surface area contributed by atoms with Crippen molar-refractivity contribution >= 4 is 37.6 Å². The molecule has 0 aromatic heterocycles. The molecule has 3 heteroatoms. The van der Waals surface area contributed by atoms with E-state index in [1.54, 1.807) is 0 Å². The molecule has 1 aromatic carbocycles. The number of Topliss-reactive ketones (excluding diaryl/α,β-unsaturated/α-hetero) is 1. The van der Waals surface area contributed by atoms with E-state index in [1.165, 1.54) is 5.56 Å². The first-order valence-electron chi connectivity index (χ1n) is 6.07. The maximum Gasteiger partial charge on any atom is 0.166 e. The number of hydrogen-bond acceptors (Lipinski definition) is 1. The molecule has 0 spiro atoms. The van der Waals surface area contributed by atoms with Gasteiger partial charge < -0.3 is 0 Å². The number of hydrogen-bond donors (Lipinski definition) is 0. The number of alkyl halides is 2. The number of carbonyl (C=O) groups excluding carboxylic acids is 1. The van der Waals surface area contributed by atoms with Crippen LogP contribution in [0, 0.1) is 11.8 Å². The molecular weight excluding hydrogens is 344 g/mol. The summed E-state index contributed by atoms with van der Waals surface area (Å²) in [7, 11) is 0. The first-order valence-corrected chi connectivity index (χ1v) is 7.90. The van der Waals surface area contributed by atoms with Gasteiger partial charge in [-0.1, -0.05) is 56.1 Å². The van der Waals surface area contributed by atoms with E-state index in [0.29, 0.717) is 21.4 Å². The Labute approximate surface area is 118 Å². The molecule has 0 amide bonds. The number of carbonyl (C=O) groups is 1. The van der Waals surface area contributed by atoms with Gasteiger partial charge in [0.15, 0.2) is 5.78 Å². The Morgan fingerprint density at radius 1 is 1.06 bits per heavy atom. The van der Waals surface area contributed by atoms with Crippen molar-refractivity contribution in [3.8, 4) is 0 Å². The molecule has 2 aliphatic carbocycles. The smallest absolute Gasteiger partial charge is 0.166 e. The van der Waals surface area contributed by atoms with E-state index in [9.17, 15) is 4.79 Å². The molecule has 0 radical (unpaired) electrons. The predicted octanol–water partition coefficient (Wildman–Crippen LogP) is 3.98. The first kappa shape index (κ1) is 11.9. The van der Waals surface area contributed by atoms with Crippen molar-refractivity contribution in [2.45, 2.75) is 28.9 Å². The van der Waals surface area contributed by atoms with Crippen LogP contribution in [0.2, 0.25) is 0 Å². The lowest BCUT2D eigenvalue weighted by Crippen LogP contribution is -2.41. The van der Waals surface area contributed by atoms with Crippen molar-refractivity contribution in [3.63, 3.8) is 0 Å². The van der Waals surface area contributed by atoms with Gasteiger partial charge in [0.25, 0.3) is 0 Å². The molecule has 0 bridgehead atoms. The highest BCUT2D eigenvalue weighted by atomic mass is 79.9. The van der Waals surface area contributed by atoms with Crippen LogP contribution in [-0.4, -0.2) is 15.4 Å². The SMILES string of the molecule is O=C1c2ccccc2CC2CC(Br)C(Br)CC12. The van der Waals surface area contributed by atoms with E-state index in [1.807, 2.05) is 18.2 Å². The second kappa shape index (κ2) is 4.51. The fourth-order valence-corrected chi connectivity index (χ4v) is 4.47. The maximum absolute atomic E-state index is 12.5. The second-order valence-corrected chi connectivity index (χ2v) is 7.45. The van der Waals surface area contributed by atoms with Gasteiger partial charge in [-0.05, 0) is 30.7 Å². The summed E-state index contributed by atoms with van der Waals surface area (Å²) in [5.41, 5.74) is 2.20. The first-order chi connectivity index (χ1) is 8.16. The van der Waals surface area contributed by atoms with E-state index >= 15 is 0 Å². The van der Waals surface area contributed by atoms with Gasteiger partial charge in [-0.15, -0.1) is 0 Å². The fourth-order valence-electron chi connectivity index (χ4n) is 3.15. The van der Waals surface area contributed by atoms with Crippen LogP contribution in [0.1, 0.15) is 28.8 Å². The van der Waals surface area contributed by atoms with Gasteiger partial charge in [-0.25, -0.2) is 0 Å². The Hall–Kier alpha value is -0.150. The number of rotatable bonds is 0. The van der Waals surface area contributed by atoms with Crippen LogP contribution in [0.5, 0.6) is 0 Å². The van der Waals surface area contributed by atoms with Crippen molar-refractivity contribution < 1.29 is 4.79 Å². The Kier molecular flexibility index (Phi) is 3.16. The topological polar surface area (TPSA) is 17.1 Å². The lowest BCUT2D eigenvalue weighted by Gasteiger charge is -2.39. The summed E-state index contributed by atoms with van der Waals surface area (Å²) < 4.78 is 0. The zero-order valence-corrected chi connectivity index (χ0v) is 12.6. The monoisotopic (exact) mass is 356 g/mol. The van der Waals surface area contributed by atoms with Gasteiger partial charge in [0.1, 0.15) is 0 Å². The molecule has 0 saturated heterocycles. The van der Waals surface area contributed by atoms with Gasteiger partial charge in [-0.3, -0.25) is 4.79 Å². The second-order valence-electron chi connectivity index (χ2n) is 5.10. The van der Waals surface area contributed by atoms with Crippen LogP contribution in [0.3, 0.4) is 0 Å². The summed E-state index contributed by atoms with van der Waals surface area (Å²) in [6.45, 7) is 0. The molecule has 3 rings (SSSR count). The zero-order chi connectivity index (χ0) is 12.0. The Balaban J connectivity index is 1.97. The van der Waals surface area contributed by atoms with Crippen molar-refractivity contribution in [2.24, 2.45) is 11.8 Å². The summed E-state index contributed by atoms with van der Waals surface area (Å²) in [5.74, 6) is 1.11. The zero-order valence-electron chi connectivity index (χ0n) is 9.40. The number of ketones is 1. The summed E-state index contributed by atoms with van der Waals surface area (Å²) in [5, 5.41) is 0. The third-order valence-corrected chi connectivity index (χ3v) is 6.80. The molecule has 1 saturated carbocycles. The van der Waals surface area contributed by atoms with Crippen LogP contribution in [0.4, 0.5) is 0 Å². The summed E-state index contributed by atoms with van der Waals surface area (Å²) in [4.78, 5) is 13.4. The molecule has 4 atom stereocenters. The van der Waals surface area contributed by atoms with E-state index in [2.05, 4.69) is 37.9 Å². The van der Waals surface area contributed by atoms with Crippen LogP contribution in [0.25, 0.3) is 0 Å². The average Bonchev–Trinajstić information content (AvgIpc) is 2.32. The molecule has 2 aliphatic rings. The van der Waals surface area contributed by atoms with Crippen molar-refractivity contribution in [3.05, 3.63) is 35.4 Å². The molecule has 1 fully saturated rings. The Morgan fingerprint density at radius 3 is 2.59 bits per heavy atom. The number of fused-ring (bicyclic) bond motifs is 2. The highest BCUT2D eigenvalue weighted by molar-refractivity contribution is 9.12. The highest BCUT2D eigenvalue weighted by Gasteiger charge is 2.42. The summed E-state index contributed by atoms with van der Waals surface area (Å²) in [6.07, 6.45) is 3.13. The summed E-state index contributed by atoms with van der Waals surface area (Å²) in [6, 6.07) is 8.09. The van der Waals surface area contributed by atoms with Gasteiger partial charge >= 0.3 is 0 Å². The van der Waals surface area contributed by atoms with Gasteiger partial charge in [0.05, 0.1) is 0 Å². The highest BCUT2D eigenvalue weighted by Crippen LogP contribution is 2.43. The average molecular weight is 358 g/mol. The molecule has 0 heterocycles. The molecule has 1 aromatic rings. The number of benzene rings is 1. The van der Waals surface area contributed by atoms with Crippen molar-refractivity contribution in [1.29, 1.82) is 0 Å². The third kappa shape index (κ3) is 2.01. The van der Waals surface area contributed by atoms with E-state index in [4.69, 9.17) is 0 Å². The van der Waals surface area contributed by atoms with Gasteiger partial charge in [0, 0.05) is 21.1 Å². The van der Waals surface area contributed by atoms with E-state index in [-0.39, 0.29) is 5.92 Å². The quantitative estimate of drug-likeness (QED) is 0.642. The Morgan fingerprint density at radius 2 is 1.76 bits per heavy atom. The number of halogens is 2. The van der Waals surface area contributed by atoms with Crippen LogP contribution < -0.4 is 0 Å². The molecule has 0 aliphatic heterocycles. The van der Waals surface area contributed by atoms with Crippen molar-refractivity contribution in [1.82, 2.24) is 0 Å². The molecule has 4 unspecified atom stereocenters. The minimum atomic E-state index is 0.225. The van der Waals surface area contributed by atoms with E-state index < -0.39 is 0 Å². The van der Waals surface area contributed by atoms with Crippen LogP contribution in [-0.2, 0) is 6.42 Å². The molecule has 0 N–H and O–H groups in total. The maximum atomic E-state index is 12.5. The van der Waals surface area contributed by atoms with Crippen LogP contribution in [0.15, 0.2) is 24.3 Å². The summed E-state index contributed by atoms with van der Waals surface area (Å²) >= 11 is 7.40. The fraction of sp³-hybridized carbons (Fsp3) is 0.500.